The molecule has 1 fully saturated rings. The number of nitrogens with zero attached hydrogens (tertiary/aromatic N) is 3. The molecule has 0 spiro atoms. The predicted octanol–water partition coefficient (Wildman–Crippen LogP) is 2.08. The van der Waals surface area contributed by atoms with Crippen LogP contribution < -0.4 is 20.9 Å². The summed E-state index contributed by atoms with van der Waals surface area (Å²) in [6.45, 7) is 3.91. The van der Waals surface area contributed by atoms with Crippen molar-refractivity contribution in [1.82, 2.24) is 15.0 Å². The number of rotatable bonds is 10. The SMILES string of the molecule is CC1CCN(C(=O)[C@H](CCCN=CNN)NS(=O)(=O)c2cccc3c(N(C)C)cccc23)CC1. The van der Waals surface area contributed by atoms with Gasteiger partial charge < -0.3 is 15.2 Å². The van der Waals surface area contributed by atoms with Gasteiger partial charge >= 0.3 is 0 Å². The molecule has 3 rings (SSSR count). The number of likely N-dealkylation sites (tertiary alicyclic amines) is 1. The molecule has 1 atom stereocenters. The monoisotopic (exact) mass is 488 g/mol. The van der Waals surface area contributed by atoms with Crippen molar-refractivity contribution in [2.24, 2.45) is 16.8 Å². The average molecular weight is 489 g/mol. The van der Waals surface area contributed by atoms with E-state index in [0.717, 1.165) is 23.9 Å². The molecule has 10 heteroatoms. The molecule has 1 aliphatic heterocycles. The Morgan fingerprint density at radius 3 is 2.56 bits per heavy atom. The van der Waals surface area contributed by atoms with Gasteiger partial charge in [-0.1, -0.05) is 31.2 Å². The largest absolute Gasteiger partial charge is 0.377 e. The number of carbonyl (C=O) groups is 1. The van der Waals surface area contributed by atoms with Crippen LogP contribution in [0.15, 0.2) is 46.3 Å². The Hall–Kier alpha value is -2.69. The van der Waals surface area contributed by atoms with Crippen LogP contribution in [0.4, 0.5) is 5.69 Å². The minimum Gasteiger partial charge on any atom is -0.377 e. The molecule has 0 bridgehead atoms. The van der Waals surface area contributed by atoms with Crippen LogP contribution in [0.1, 0.15) is 32.6 Å². The molecule has 9 nitrogen and oxygen atoms in total. The fraction of sp³-hybridized carbons (Fsp3) is 0.500. The van der Waals surface area contributed by atoms with E-state index in [1.807, 2.05) is 37.2 Å². The summed E-state index contributed by atoms with van der Waals surface area (Å²) in [4.78, 5) is 21.4. The van der Waals surface area contributed by atoms with Crippen molar-refractivity contribution in [2.75, 3.05) is 38.6 Å². The van der Waals surface area contributed by atoms with Gasteiger partial charge in [-0.25, -0.2) is 14.3 Å². The third-order valence-corrected chi connectivity index (χ3v) is 7.80. The summed E-state index contributed by atoms with van der Waals surface area (Å²) in [7, 11) is -0.114. The second-order valence-electron chi connectivity index (χ2n) is 9.05. The minimum absolute atomic E-state index is 0.170. The lowest BCUT2D eigenvalue weighted by atomic mass is 9.98. The smallest absolute Gasteiger partial charge is 0.241 e. The summed E-state index contributed by atoms with van der Waals surface area (Å²) in [5.74, 6) is 5.59. The lowest BCUT2D eigenvalue weighted by Crippen LogP contribution is -2.50. The Labute approximate surface area is 202 Å². The molecule has 1 aliphatic rings. The van der Waals surface area contributed by atoms with Gasteiger partial charge in [-0.15, -0.1) is 0 Å². The van der Waals surface area contributed by atoms with Crippen LogP contribution >= 0.6 is 0 Å². The highest BCUT2D eigenvalue weighted by Crippen LogP contribution is 2.30. The van der Waals surface area contributed by atoms with Gasteiger partial charge in [-0.05, 0) is 43.7 Å². The minimum atomic E-state index is -3.96. The highest BCUT2D eigenvalue weighted by Gasteiger charge is 2.31. The summed E-state index contributed by atoms with van der Waals surface area (Å²) in [5, 5.41) is 1.46. The van der Waals surface area contributed by atoms with Crippen molar-refractivity contribution < 1.29 is 13.2 Å². The van der Waals surface area contributed by atoms with E-state index in [-0.39, 0.29) is 10.8 Å². The van der Waals surface area contributed by atoms with Crippen molar-refractivity contribution >= 4 is 38.7 Å². The summed E-state index contributed by atoms with van der Waals surface area (Å²) in [6.07, 6.45) is 4.12. The molecule has 34 heavy (non-hydrogen) atoms. The first kappa shape index (κ1) is 25.9. The van der Waals surface area contributed by atoms with Crippen molar-refractivity contribution in [3.8, 4) is 0 Å². The summed E-state index contributed by atoms with van der Waals surface area (Å²) in [6, 6.07) is 9.97. The maximum Gasteiger partial charge on any atom is 0.241 e. The maximum absolute atomic E-state index is 13.6. The molecular weight excluding hydrogens is 452 g/mol. The number of hydrogen-bond acceptors (Lipinski definition) is 6. The first-order valence-electron chi connectivity index (χ1n) is 11.7. The van der Waals surface area contributed by atoms with Gasteiger partial charge in [0.25, 0.3) is 0 Å². The fourth-order valence-corrected chi connectivity index (χ4v) is 5.77. The van der Waals surface area contributed by atoms with Crippen LogP contribution in [0, 0.1) is 5.92 Å². The van der Waals surface area contributed by atoms with E-state index in [4.69, 9.17) is 5.84 Å². The molecular formula is C24H36N6O3S. The van der Waals surface area contributed by atoms with Gasteiger partial charge in [0.15, 0.2) is 0 Å². The molecule has 1 saturated heterocycles. The standard InChI is InChI=1S/C24H36N6O3S/c1-18-12-15-30(16-13-18)24(31)21(9-6-14-26-17-27-25)28-34(32,33)23-11-5-7-19-20(23)8-4-10-22(19)29(2)3/h4-5,7-8,10-11,17-18,21,28H,6,9,12-16,25H2,1-3H3,(H,26,27)/t21-/m0/s1. The molecule has 0 aromatic heterocycles. The van der Waals surface area contributed by atoms with E-state index < -0.39 is 16.1 Å². The normalized spacial score (nSPS) is 16.2. The zero-order chi connectivity index (χ0) is 24.7. The molecule has 0 unspecified atom stereocenters. The van der Waals surface area contributed by atoms with Crippen LogP contribution in [0.5, 0.6) is 0 Å². The van der Waals surface area contributed by atoms with Gasteiger partial charge in [-0.3, -0.25) is 9.79 Å². The third kappa shape index (κ3) is 6.25. The number of sulfonamides is 1. The molecule has 186 valence electrons. The van der Waals surface area contributed by atoms with E-state index in [0.29, 0.717) is 43.8 Å². The molecule has 0 radical (unpaired) electrons. The van der Waals surface area contributed by atoms with Crippen molar-refractivity contribution in [1.29, 1.82) is 0 Å². The molecule has 4 N–H and O–H groups in total. The number of amides is 1. The van der Waals surface area contributed by atoms with Crippen molar-refractivity contribution in [3.63, 3.8) is 0 Å². The topological polar surface area (TPSA) is 120 Å². The van der Waals surface area contributed by atoms with Crippen LogP contribution in [-0.4, -0.2) is 65.3 Å². The number of hydrogen-bond donors (Lipinski definition) is 3. The number of benzene rings is 2. The maximum atomic E-state index is 13.6. The molecule has 2 aromatic carbocycles. The highest BCUT2D eigenvalue weighted by atomic mass is 32.2. The number of carbonyl (C=O) groups excluding carboxylic acids is 1. The lowest BCUT2D eigenvalue weighted by Gasteiger charge is -2.33. The fourth-order valence-electron chi connectivity index (χ4n) is 4.33. The van der Waals surface area contributed by atoms with E-state index in [1.54, 1.807) is 23.1 Å². The van der Waals surface area contributed by atoms with Crippen LogP contribution in [0.2, 0.25) is 0 Å². The van der Waals surface area contributed by atoms with E-state index in [9.17, 15) is 13.2 Å². The molecule has 0 saturated carbocycles. The summed E-state index contributed by atoms with van der Waals surface area (Å²) in [5.41, 5.74) is 3.27. The van der Waals surface area contributed by atoms with Crippen LogP contribution in [0.3, 0.4) is 0 Å². The van der Waals surface area contributed by atoms with Gasteiger partial charge in [0.05, 0.1) is 11.2 Å². The van der Waals surface area contributed by atoms with Crippen LogP contribution in [0.25, 0.3) is 10.8 Å². The Kier molecular flexibility index (Phi) is 8.87. The molecule has 1 heterocycles. The Morgan fingerprint density at radius 2 is 1.88 bits per heavy atom. The van der Waals surface area contributed by atoms with Gasteiger partial charge in [0.1, 0.15) is 6.04 Å². The van der Waals surface area contributed by atoms with Gasteiger partial charge in [-0.2, -0.15) is 4.72 Å². The quantitative estimate of drug-likeness (QED) is 0.155. The number of fused-ring (bicyclic) bond motifs is 1. The first-order chi connectivity index (χ1) is 16.2. The van der Waals surface area contributed by atoms with Gasteiger partial charge in [0.2, 0.25) is 15.9 Å². The number of aliphatic imine (C=N–C) groups is 1. The zero-order valence-corrected chi connectivity index (χ0v) is 21.0. The number of piperidine rings is 1. The Balaban J connectivity index is 1.89. The van der Waals surface area contributed by atoms with E-state index in [1.165, 1.54) is 6.34 Å². The predicted molar refractivity (Wildman–Crippen MR) is 137 cm³/mol. The van der Waals surface area contributed by atoms with Gasteiger partial charge in [0, 0.05) is 50.2 Å². The molecule has 2 aromatic rings. The summed E-state index contributed by atoms with van der Waals surface area (Å²) >= 11 is 0. The second-order valence-corrected chi connectivity index (χ2v) is 10.7. The second kappa shape index (κ2) is 11.6. The highest BCUT2D eigenvalue weighted by molar-refractivity contribution is 7.89. The number of nitrogens with two attached hydrogens (primary N) is 1. The van der Waals surface area contributed by atoms with Crippen molar-refractivity contribution in [3.05, 3.63) is 36.4 Å². The summed E-state index contributed by atoms with van der Waals surface area (Å²) < 4.78 is 29.8. The average Bonchev–Trinajstić information content (AvgIpc) is 2.82. The first-order valence-corrected chi connectivity index (χ1v) is 13.2. The Morgan fingerprint density at radius 1 is 1.21 bits per heavy atom. The number of hydrazine groups is 1. The number of anilines is 1. The molecule has 1 amide bonds. The van der Waals surface area contributed by atoms with Crippen LogP contribution in [-0.2, 0) is 14.8 Å². The van der Waals surface area contributed by atoms with E-state index >= 15 is 0 Å². The Bertz CT molecular complexity index is 1110. The number of nitrogens with one attached hydrogen (secondary N) is 2. The van der Waals surface area contributed by atoms with E-state index in [2.05, 4.69) is 22.1 Å². The third-order valence-electron chi connectivity index (χ3n) is 6.27. The molecule has 0 aliphatic carbocycles. The zero-order valence-electron chi connectivity index (χ0n) is 20.2. The lowest BCUT2D eigenvalue weighted by molar-refractivity contribution is -0.134. The van der Waals surface area contributed by atoms with Crippen molar-refractivity contribution in [2.45, 2.75) is 43.5 Å².